The van der Waals surface area contributed by atoms with E-state index >= 15 is 0 Å². The molecule has 0 radical (unpaired) electrons. The van der Waals surface area contributed by atoms with Crippen molar-refractivity contribution in [3.05, 3.63) is 12.3 Å². The summed E-state index contributed by atoms with van der Waals surface area (Å²) in [7, 11) is 1.43. The number of hydrogen-bond donors (Lipinski definition) is 2. The maximum absolute atomic E-state index is 12.2. The molecule has 4 heteroatoms. The monoisotopic (exact) mass is 177 g/mol. The summed E-state index contributed by atoms with van der Waals surface area (Å²) in [4.78, 5) is 0. The van der Waals surface area contributed by atoms with Crippen LogP contribution >= 0.6 is 0 Å². The Hall–Kier alpha value is -0.610. The third-order valence-corrected chi connectivity index (χ3v) is 1.24. The fraction of sp³-hybridized carbons (Fsp3) is 0.750. The molecule has 0 saturated carbocycles. The van der Waals surface area contributed by atoms with E-state index in [1.165, 1.54) is 14.0 Å². The number of aliphatic hydroxyl groups excluding tert-OH is 1. The number of alkyl halides is 1. The largest absolute Gasteiger partial charge is 0.388 e. The van der Waals surface area contributed by atoms with Crippen molar-refractivity contribution in [1.29, 1.82) is 0 Å². The van der Waals surface area contributed by atoms with Crippen LogP contribution in [0.2, 0.25) is 0 Å². The van der Waals surface area contributed by atoms with Gasteiger partial charge in [0.15, 0.2) is 6.29 Å². The second kappa shape index (κ2) is 7.06. The number of methoxy groups -OCH3 is 1. The van der Waals surface area contributed by atoms with Gasteiger partial charge in [-0.05, 0) is 13.1 Å². The Bertz CT molecular complexity index is 128. The quantitative estimate of drug-likeness (QED) is 0.590. The van der Waals surface area contributed by atoms with Gasteiger partial charge < -0.3 is 15.2 Å². The van der Waals surface area contributed by atoms with E-state index in [0.29, 0.717) is 13.0 Å². The molecule has 12 heavy (non-hydrogen) atoms. The Morgan fingerprint density at radius 3 is 2.83 bits per heavy atom. The molecule has 0 rings (SSSR count). The first-order chi connectivity index (χ1) is 5.66. The molecule has 0 amide bonds. The molecule has 72 valence electrons. The third kappa shape index (κ3) is 7.50. The molecule has 0 aliphatic carbocycles. The molecule has 0 aromatic heterocycles. The van der Waals surface area contributed by atoms with Crippen molar-refractivity contribution in [2.24, 2.45) is 0 Å². The van der Waals surface area contributed by atoms with Gasteiger partial charge in [0.1, 0.15) is 6.17 Å². The zero-order valence-electron chi connectivity index (χ0n) is 7.46. The Morgan fingerprint density at radius 2 is 2.33 bits per heavy atom. The molecule has 0 bridgehead atoms. The zero-order valence-corrected chi connectivity index (χ0v) is 7.46. The molecule has 0 spiro atoms. The van der Waals surface area contributed by atoms with Gasteiger partial charge >= 0.3 is 0 Å². The van der Waals surface area contributed by atoms with Gasteiger partial charge in [-0.1, -0.05) is 6.08 Å². The summed E-state index contributed by atoms with van der Waals surface area (Å²) in [5, 5.41) is 11.6. The first-order valence-corrected chi connectivity index (χ1v) is 3.90. The van der Waals surface area contributed by atoms with E-state index in [0.717, 1.165) is 0 Å². The highest BCUT2D eigenvalue weighted by molar-refractivity contribution is 4.80. The molecule has 0 aliphatic heterocycles. The Kier molecular flexibility index (Phi) is 6.70. The highest BCUT2D eigenvalue weighted by Gasteiger charge is 1.95. The number of nitrogens with one attached hydrogen (secondary N) is 1. The van der Waals surface area contributed by atoms with E-state index in [2.05, 4.69) is 10.1 Å². The van der Waals surface area contributed by atoms with E-state index < -0.39 is 12.5 Å². The Labute approximate surface area is 72.2 Å². The number of rotatable bonds is 6. The van der Waals surface area contributed by atoms with Crippen molar-refractivity contribution in [3.8, 4) is 0 Å². The molecule has 2 atom stereocenters. The van der Waals surface area contributed by atoms with Gasteiger partial charge in [-0.25, -0.2) is 4.39 Å². The average Bonchev–Trinajstić information content (AvgIpc) is 2.03. The zero-order chi connectivity index (χ0) is 9.40. The predicted molar refractivity (Wildman–Crippen MR) is 45.3 cm³/mol. The summed E-state index contributed by atoms with van der Waals surface area (Å²) in [6, 6.07) is 0. The van der Waals surface area contributed by atoms with Crippen LogP contribution < -0.4 is 5.32 Å². The molecule has 2 unspecified atom stereocenters. The lowest BCUT2D eigenvalue weighted by Crippen LogP contribution is -2.16. The standard InChI is InChI=1S/C8H16FNO2/c1-7(9)6-10-5-3-4-8(11)12-2/h3,5,7-8,10-11H,4,6H2,1-2H3/b5-3-. The third-order valence-electron chi connectivity index (χ3n) is 1.24. The molecule has 0 saturated heterocycles. The van der Waals surface area contributed by atoms with Crippen molar-refractivity contribution in [3.63, 3.8) is 0 Å². The summed E-state index contributed by atoms with van der Waals surface area (Å²) >= 11 is 0. The van der Waals surface area contributed by atoms with Crippen LogP contribution in [0.1, 0.15) is 13.3 Å². The van der Waals surface area contributed by atoms with Gasteiger partial charge in [0.05, 0.1) is 0 Å². The van der Waals surface area contributed by atoms with Crippen molar-refractivity contribution in [2.45, 2.75) is 25.8 Å². The van der Waals surface area contributed by atoms with Crippen LogP contribution in [0.3, 0.4) is 0 Å². The fourth-order valence-corrected chi connectivity index (χ4v) is 0.594. The molecule has 0 aromatic rings. The lowest BCUT2D eigenvalue weighted by Gasteiger charge is -2.04. The van der Waals surface area contributed by atoms with Gasteiger partial charge in [-0.15, -0.1) is 0 Å². The molecule has 0 fully saturated rings. The lowest BCUT2D eigenvalue weighted by molar-refractivity contribution is -0.0702. The Morgan fingerprint density at radius 1 is 1.67 bits per heavy atom. The minimum Gasteiger partial charge on any atom is -0.388 e. The fourth-order valence-electron chi connectivity index (χ4n) is 0.594. The van der Waals surface area contributed by atoms with Gasteiger partial charge in [-0.2, -0.15) is 0 Å². The normalized spacial score (nSPS) is 16.3. The maximum Gasteiger partial charge on any atom is 0.157 e. The summed E-state index contributed by atoms with van der Waals surface area (Å²) in [5.74, 6) is 0. The summed E-state index contributed by atoms with van der Waals surface area (Å²) < 4.78 is 16.8. The summed E-state index contributed by atoms with van der Waals surface area (Å²) in [6.45, 7) is 1.77. The molecule has 0 aliphatic rings. The van der Waals surface area contributed by atoms with Crippen LogP contribution in [0.25, 0.3) is 0 Å². The number of ether oxygens (including phenoxy) is 1. The SMILES string of the molecule is COC(O)C/C=C\NCC(C)F. The topological polar surface area (TPSA) is 41.5 Å². The Balaban J connectivity index is 3.25. The smallest absolute Gasteiger partial charge is 0.157 e. The first-order valence-electron chi connectivity index (χ1n) is 3.90. The summed E-state index contributed by atoms with van der Waals surface area (Å²) in [6.07, 6.45) is 2.08. The van der Waals surface area contributed by atoms with E-state index in [9.17, 15) is 4.39 Å². The van der Waals surface area contributed by atoms with Crippen molar-refractivity contribution < 1.29 is 14.2 Å². The van der Waals surface area contributed by atoms with Gasteiger partial charge in [0, 0.05) is 20.1 Å². The van der Waals surface area contributed by atoms with Crippen LogP contribution in [0.15, 0.2) is 12.3 Å². The van der Waals surface area contributed by atoms with Crippen molar-refractivity contribution in [1.82, 2.24) is 5.32 Å². The molecule has 0 aromatic carbocycles. The van der Waals surface area contributed by atoms with Crippen LogP contribution in [0, 0.1) is 0 Å². The van der Waals surface area contributed by atoms with Gasteiger partial charge in [0.2, 0.25) is 0 Å². The van der Waals surface area contributed by atoms with Gasteiger partial charge in [0.25, 0.3) is 0 Å². The number of aliphatic hydroxyl groups is 1. The highest BCUT2D eigenvalue weighted by atomic mass is 19.1. The second-order valence-electron chi connectivity index (χ2n) is 2.52. The highest BCUT2D eigenvalue weighted by Crippen LogP contribution is 1.92. The second-order valence-corrected chi connectivity index (χ2v) is 2.52. The molecule has 2 N–H and O–H groups in total. The van der Waals surface area contributed by atoms with Crippen LogP contribution in [0.4, 0.5) is 4.39 Å². The van der Waals surface area contributed by atoms with E-state index in [1.807, 2.05) is 0 Å². The van der Waals surface area contributed by atoms with E-state index in [4.69, 9.17) is 5.11 Å². The maximum atomic E-state index is 12.2. The van der Waals surface area contributed by atoms with Gasteiger partial charge in [-0.3, -0.25) is 0 Å². The van der Waals surface area contributed by atoms with E-state index in [1.54, 1.807) is 12.3 Å². The number of hydrogen-bond acceptors (Lipinski definition) is 3. The molecule has 0 heterocycles. The van der Waals surface area contributed by atoms with Crippen molar-refractivity contribution >= 4 is 0 Å². The first kappa shape index (κ1) is 11.4. The van der Waals surface area contributed by atoms with E-state index in [-0.39, 0.29) is 0 Å². The minimum atomic E-state index is -0.859. The lowest BCUT2D eigenvalue weighted by atomic mass is 10.4. The van der Waals surface area contributed by atoms with Crippen LogP contribution in [0.5, 0.6) is 0 Å². The van der Waals surface area contributed by atoms with Crippen LogP contribution in [-0.2, 0) is 4.74 Å². The summed E-state index contributed by atoms with van der Waals surface area (Å²) in [5.41, 5.74) is 0. The minimum absolute atomic E-state index is 0.291. The molecular weight excluding hydrogens is 161 g/mol. The van der Waals surface area contributed by atoms with Crippen LogP contribution in [-0.4, -0.2) is 31.2 Å². The number of halogens is 1. The molecular formula is C8H16FNO2. The predicted octanol–water partition coefficient (Wildman–Crippen LogP) is 0.803. The van der Waals surface area contributed by atoms with Crippen molar-refractivity contribution in [2.75, 3.05) is 13.7 Å². The molecule has 3 nitrogen and oxygen atoms in total. The average molecular weight is 177 g/mol.